The van der Waals surface area contributed by atoms with E-state index in [9.17, 15) is 9.59 Å². The first-order valence-electron chi connectivity index (χ1n) is 21.6. The van der Waals surface area contributed by atoms with Crippen molar-refractivity contribution in [1.29, 1.82) is 0 Å². The Bertz CT molecular complexity index is 2430. The summed E-state index contributed by atoms with van der Waals surface area (Å²) in [6.07, 6.45) is 10.9. The molecule has 2 unspecified atom stereocenters. The van der Waals surface area contributed by atoms with Crippen molar-refractivity contribution >= 4 is 23.2 Å². The zero-order valence-corrected chi connectivity index (χ0v) is 35.6. The highest BCUT2D eigenvalue weighted by atomic mass is 16.6. The fourth-order valence-electron chi connectivity index (χ4n) is 6.96. The molecule has 16 nitrogen and oxygen atoms in total. The molecule has 4 aromatic carbocycles. The van der Waals surface area contributed by atoms with Crippen LogP contribution in [-0.2, 0) is 28.9 Å². The summed E-state index contributed by atoms with van der Waals surface area (Å²) in [5.74, 6) is 7.83. The van der Waals surface area contributed by atoms with Crippen LogP contribution in [0.25, 0.3) is 0 Å². The molecule has 2 amide bonds. The van der Waals surface area contributed by atoms with Crippen molar-refractivity contribution in [3.8, 4) is 34.8 Å². The molecule has 2 aliphatic rings. The van der Waals surface area contributed by atoms with Crippen molar-refractivity contribution in [2.45, 2.75) is 96.7 Å². The van der Waals surface area contributed by atoms with E-state index in [-0.39, 0.29) is 19.1 Å². The molecule has 326 valence electrons. The molecule has 2 aromatic heterocycles. The average Bonchev–Trinajstić information content (AvgIpc) is 4.07. The van der Waals surface area contributed by atoms with Crippen LogP contribution >= 0.6 is 0 Å². The van der Waals surface area contributed by atoms with E-state index >= 15 is 0 Å². The number of ether oxygens (including phenoxy) is 4. The number of nitrogens with one attached hydrogen (secondary N) is 4. The van der Waals surface area contributed by atoms with E-state index in [1.54, 1.807) is 30.3 Å². The Labute approximate surface area is 366 Å². The highest BCUT2D eigenvalue weighted by Gasteiger charge is 2.29. The number of nitrogens with zero attached hydrogens (tertiary/aromatic N) is 6. The number of para-hydroxylation sites is 2. The van der Waals surface area contributed by atoms with Gasteiger partial charge in [0.05, 0.1) is 11.4 Å². The number of unbranched alkanes of at least 4 members (excludes halogenated alkanes) is 5. The van der Waals surface area contributed by atoms with Gasteiger partial charge in [0.2, 0.25) is 17.6 Å². The van der Waals surface area contributed by atoms with E-state index in [4.69, 9.17) is 18.9 Å². The zero-order valence-electron chi connectivity index (χ0n) is 35.6. The van der Waals surface area contributed by atoms with Gasteiger partial charge >= 0.3 is 5.91 Å². The minimum Gasteiger partial charge on any atom is -0.485 e. The lowest BCUT2D eigenvalue weighted by molar-refractivity contribution is -0.116. The van der Waals surface area contributed by atoms with Gasteiger partial charge in [-0.2, -0.15) is 10.4 Å². The molecule has 0 spiro atoms. The first-order valence-corrected chi connectivity index (χ1v) is 21.6. The van der Waals surface area contributed by atoms with Crippen LogP contribution in [0.1, 0.15) is 111 Å². The van der Waals surface area contributed by atoms with Crippen molar-refractivity contribution < 1.29 is 28.5 Å². The Morgan fingerprint density at radius 3 is 1.68 bits per heavy atom. The van der Waals surface area contributed by atoms with Crippen molar-refractivity contribution in [2.24, 2.45) is 0 Å². The number of aromatic amines is 2. The number of anilines is 2. The van der Waals surface area contributed by atoms with Gasteiger partial charge < -0.3 is 29.6 Å². The van der Waals surface area contributed by atoms with E-state index in [1.165, 1.54) is 56.1 Å². The molecule has 8 rings (SSSR count). The fourth-order valence-corrected chi connectivity index (χ4v) is 6.96. The number of hydrogen-bond acceptors (Lipinski definition) is 12. The molecule has 2 aliphatic heterocycles. The summed E-state index contributed by atoms with van der Waals surface area (Å²) in [4.78, 5) is 25.0. The number of hydrogen-bond donors (Lipinski definition) is 4. The van der Waals surface area contributed by atoms with Crippen LogP contribution in [0.3, 0.4) is 0 Å². The number of rotatable bonds is 16. The lowest BCUT2D eigenvalue weighted by atomic mass is 10.0. The van der Waals surface area contributed by atoms with Crippen LogP contribution in [0, 0.1) is 11.8 Å². The predicted molar refractivity (Wildman–Crippen MR) is 235 cm³/mol. The van der Waals surface area contributed by atoms with Gasteiger partial charge in [-0.15, -0.1) is 20.4 Å². The summed E-state index contributed by atoms with van der Waals surface area (Å²) in [6, 6.07) is 27.3. The maximum Gasteiger partial charge on any atom is 0.300 e. The molecule has 0 fully saturated rings. The van der Waals surface area contributed by atoms with Crippen molar-refractivity contribution in [2.75, 3.05) is 23.8 Å². The molecule has 0 bridgehead atoms. The summed E-state index contributed by atoms with van der Waals surface area (Å²) in [5, 5.41) is 33.4. The monoisotopic (exact) mass is 852 g/mol. The number of tetrazole rings is 2. The minimum atomic E-state index is -0.522. The normalized spacial score (nSPS) is 14.6. The SMILES string of the molecule is CCCCCCc1ccc(C#CC(=O)Nc2cccc3c2OC(c2nn[nH]n2)CO3)cc1.CCCCCc1ccc(CCC(=O)Nc2cccc3c2OC(c2nn[nH]n2)CO3)cc1. The number of amides is 2. The van der Waals surface area contributed by atoms with Crippen molar-refractivity contribution in [3.05, 3.63) is 119 Å². The highest BCUT2D eigenvalue weighted by Crippen LogP contribution is 2.42. The molecule has 0 aliphatic carbocycles. The molecule has 0 saturated carbocycles. The van der Waals surface area contributed by atoms with Gasteiger partial charge in [-0.3, -0.25) is 9.59 Å². The van der Waals surface area contributed by atoms with Gasteiger partial charge in [0.1, 0.15) is 13.2 Å². The third kappa shape index (κ3) is 12.6. The quantitative estimate of drug-likeness (QED) is 0.0543. The average molecular weight is 853 g/mol. The molecule has 4 heterocycles. The molecule has 4 N–H and O–H groups in total. The van der Waals surface area contributed by atoms with Gasteiger partial charge in [-0.25, -0.2) is 0 Å². The Morgan fingerprint density at radius 2 is 1.14 bits per heavy atom. The van der Waals surface area contributed by atoms with Crippen LogP contribution in [0.15, 0.2) is 84.9 Å². The van der Waals surface area contributed by atoms with Crippen LogP contribution in [0.4, 0.5) is 11.4 Å². The summed E-state index contributed by atoms with van der Waals surface area (Å²) in [5.41, 5.74) is 5.64. The first-order chi connectivity index (χ1) is 30.9. The smallest absolute Gasteiger partial charge is 0.300 e. The number of fused-ring (bicyclic) bond motifs is 2. The van der Waals surface area contributed by atoms with Gasteiger partial charge in [0.25, 0.3) is 0 Å². The number of H-pyrrole nitrogens is 2. The van der Waals surface area contributed by atoms with Crippen molar-refractivity contribution in [1.82, 2.24) is 41.2 Å². The van der Waals surface area contributed by atoms with Crippen molar-refractivity contribution in [3.63, 3.8) is 0 Å². The first kappa shape index (κ1) is 43.8. The largest absolute Gasteiger partial charge is 0.485 e. The molecule has 2 atom stereocenters. The molecular weight excluding hydrogens is 801 g/mol. The molecule has 0 saturated heterocycles. The summed E-state index contributed by atoms with van der Waals surface area (Å²) in [7, 11) is 0. The second-order valence-corrected chi connectivity index (χ2v) is 15.2. The molecule has 6 aromatic rings. The Morgan fingerprint density at radius 1 is 0.635 bits per heavy atom. The van der Waals surface area contributed by atoms with Gasteiger partial charge in [0.15, 0.2) is 35.2 Å². The summed E-state index contributed by atoms with van der Waals surface area (Å²) < 4.78 is 23.4. The number of aryl methyl sites for hydroxylation is 3. The number of aromatic nitrogens is 8. The number of benzene rings is 4. The van der Waals surface area contributed by atoms with E-state index in [1.807, 2.05) is 18.2 Å². The Kier molecular flexibility index (Phi) is 15.7. The lowest BCUT2D eigenvalue weighted by Crippen LogP contribution is -2.24. The van der Waals surface area contributed by atoms with Crippen LogP contribution in [0.5, 0.6) is 23.0 Å². The Balaban J connectivity index is 0.000000189. The number of carbonyl (C=O) groups excluding carboxylic acids is 2. The topological polar surface area (TPSA) is 204 Å². The third-order valence-electron chi connectivity index (χ3n) is 10.4. The second-order valence-electron chi connectivity index (χ2n) is 15.2. The van der Waals surface area contributed by atoms with E-state index < -0.39 is 18.1 Å². The molecule has 16 heteroatoms. The predicted octanol–water partition coefficient (Wildman–Crippen LogP) is 7.84. The van der Waals surface area contributed by atoms with Gasteiger partial charge in [0, 0.05) is 17.9 Å². The van der Waals surface area contributed by atoms with Crippen LogP contribution in [-0.4, -0.2) is 66.3 Å². The van der Waals surface area contributed by atoms with Gasteiger partial charge in [-0.1, -0.05) is 111 Å². The maximum absolute atomic E-state index is 12.6. The molecule has 63 heavy (non-hydrogen) atoms. The van der Waals surface area contributed by atoms with E-state index in [0.29, 0.717) is 58.9 Å². The molecule has 0 radical (unpaired) electrons. The zero-order chi connectivity index (χ0) is 43.6. The minimum absolute atomic E-state index is 0.0780. The van der Waals surface area contributed by atoms with E-state index in [2.05, 4.69) is 114 Å². The second kappa shape index (κ2) is 22.5. The maximum atomic E-state index is 12.6. The Hall–Kier alpha value is -7.28. The van der Waals surface area contributed by atoms with Crippen LogP contribution in [0.2, 0.25) is 0 Å². The molecular formula is C47H52N10O6. The van der Waals surface area contributed by atoms with Crippen LogP contribution < -0.4 is 29.6 Å². The highest BCUT2D eigenvalue weighted by molar-refractivity contribution is 6.05. The number of carbonyl (C=O) groups is 2. The third-order valence-corrected chi connectivity index (χ3v) is 10.4. The van der Waals surface area contributed by atoms with Gasteiger partial charge in [-0.05, 0) is 85.2 Å². The summed E-state index contributed by atoms with van der Waals surface area (Å²) in [6.45, 7) is 4.95. The lowest BCUT2D eigenvalue weighted by Gasteiger charge is -2.26. The van der Waals surface area contributed by atoms with E-state index in [0.717, 1.165) is 24.0 Å². The fraction of sp³-hybridized carbons (Fsp3) is 0.362. The summed E-state index contributed by atoms with van der Waals surface area (Å²) >= 11 is 0. The standard InChI is InChI=1S/C24H25N5O3.C23H27N5O3/c1-2-3-4-5-7-17-10-12-18(13-11-17)14-15-22(30)25-19-8-6-9-20-23(19)32-21(16-31-20)24-26-28-29-27-24;1-2-3-4-6-16-9-11-17(12-10-16)13-14-21(29)24-18-7-5-8-19-22(18)31-20(15-30-19)23-25-27-28-26-23/h6,8-13,21H,2-5,7,16H2,1H3,(H,25,30)(H,26,27,28,29);5,7-12,20H,2-4,6,13-15H2,1H3,(H,24,29)(H,25,26,27,28).